The Bertz CT molecular complexity index is 258. The van der Waals surface area contributed by atoms with Crippen molar-refractivity contribution in [3.63, 3.8) is 0 Å². The van der Waals surface area contributed by atoms with Crippen LogP contribution in [-0.4, -0.2) is 25.7 Å². The molecule has 1 rings (SSSR count). The van der Waals surface area contributed by atoms with Gasteiger partial charge in [0.1, 0.15) is 0 Å². The lowest BCUT2D eigenvalue weighted by Crippen LogP contribution is -2.41. The van der Waals surface area contributed by atoms with Gasteiger partial charge >= 0.3 is 5.97 Å². The third-order valence-corrected chi connectivity index (χ3v) is 3.80. The first kappa shape index (κ1) is 15.5. The van der Waals surface area contributed by atoms with Crippen LogP contribution in [0.2, 0.25) is 0 Å². The van der Waals surface area contributed by atoms with Crippen molar-refractivity contribution in [2.24, 2.45) is 11.3 Å². The minimum Gasteiger partial charge on any atom is -0.469 e. The van der Waals surface area contributed by atoms with Gasteiger partial charge in [-0.25, -0.2) is 0 Å². The largest absolute Gasteiger partial charge is 0.469 e. The fraction of sp³-hybridized carbons (Fsp3) is 0.933. The van der Waals surface area contributed by atoms with Gasteiger partial charge in [0.2, 0.25) is 0 Å². The van der Waals surface area contributed by atoms with Gasteiger partial charge < -0.3 is 10.1 Å². The second-order valence-electron chi connectivity index (χ2n) is 6.64. The molecule has 0 bridgehead atoms. The third-order valence-electron chi connectivity index (χ3n) is 3.80. The van der Waals surface area contributed by atoms with Crippen LogP contribution in [-0.2, 0) is 9.53 Å². The second kappa shape index (κ2) is 7.13. The molecule has 0 saturated heterocycles. The first-order chi connectivity index (χ1) is 8.44. The number of nitrogens with one attached hydrogen (secondary N) is 1. The number of ether oxygens (including phenoxy) is 1. The van der Waals surface area contributed by atoms with E-state index in [9.17, 15) is 4.79 Å². The number of rotatable bonds is 4. The summed E-state index contributed by atoms with van der Waals surface area (Å²) in [6.07, 6.45) is 6.82. The number of methoxy groups -OCH3 is 1. The standard InChI is InChI=1S/C15H29NO2/c1-15(2,3)10-11-16-13-9-7-5-6-8-12(13)14(17)18-4/h12-13,16H,5-11H2,1-4H3/t12-,13+/m1/s1. The quantitative estimate of drug-likeness (QED) is 0.619. The summed E-state index contributed by atoms with van der Waals surface area (Å²) in [4.78, 5) is 11.8. The van der Waals surface area contributed by atoms with E-state index in [0.717, 1.165) is 32.2 Å². The van der Waals surface area contributed by atoms with Crippen LogP contribution in [0.1, 0.15) is 59.3 Å². The van der Waals surface area contributed by atoms with Gasteiger partial charge in [0.05, 0.1) is 13.0 Å². The van der Waals surface area contributed by atoms with E-state index in [-0.39, 0.29) is 11.9 Å². The maximum Gasteiger partial charge on any atom is 0.310 e. The van der Waals surface area contributed by atoms with Gasteiger partial charge in [-0.2, -0.15) is 0 Å². The number of esters is 1. The molecule has 0 heterocycles. The van der Waals surface area contributed by atoms with Crippen molar-refractivity contribution < 1.29 is 9.53 Å². The minimum absolute atomic E-state index is 0.0369. The van der Waals surface area contributed by atoms with Crippen molar-refractivity contribution in [1.29, 1.82) is 0 Å². The summed E-state index contributed by atoms with van der Waals surface area (Å²) < 4.78 is 4.94. The normalized spacial score (nSPS) is 25.6. The molecule has 18 heavy (non-hydrogen) atoms. The van der Waals surface area contributed by atoms with Crippen molar-refractivity contribution in [3.05, 3.63) is 0 Å². The highest BCUT2D eigenvalue weighted by Gasteiger charge is 2.30. The summed E-state index contributed by atoms with van der Waals surface area (Å²) in [6, 6.07) is 0.308. The molecule has 1 fully saturated rings. The molecule has 3 nitrogen and oxygen atoms in total. The molecule has 0 radical (unpaired) electrons. The molecular weight excluding hydrogens is 226 g/mol. The molecule has 0 spiro atoms. The number of carbonyl (C=O) groups is 1. The fourth-order valence-corrected chi connectivity index (χ4v) is 2.62. The number of hydrogen-bond donors (Lipinski definition) is 1. The Balaban J connectivity index is 2.49. The Morgan fingerprint density at radius 2 is 1.89 bits per heavy atom. The molecule has 0 unspecified atom stereocenters. The van der Waals surface area contributed by atoms with Crippen LogP contribution in [0.5, 0.6) is 0 Å². The summed E-state index contributed by atoms with van der Waals surface area (Å²) in [5.74, 6) is 0.0163. The van der Waals surface area contributed by atoms with Crippen molar-refractivity contribution in [1.82, 2.24) is 5.32 Å². The van der Waals surface area contributed by atoms with Gasteiger partial charge in [-0.1, -0.05) is 40.0 Å². The highest BCUT2D eigenvalue weighted by Crippen LogP contribution is 2.25. The Kier molecular flexibility index (Phi) is 6.13. The maximum absolute atomic E-state index is 11.8. The average Bonchev–Trinajstić information content (AvgIpc) is 2.52. The van der Waals surface area contributed by atoms with Crippen LogP contribution in [0.3, 0.4) is 0 Å². The van der Waals surface area contributed by atoms with Crippen LogP contribution in [0.4, 0.5) is 0 Å². The van der Waals surface area contributed by atoms with Crippen LogP contribution >= 0.6 is 0 Å². The summed E-state index contributed by atoms with van der Waals surface area (Å²) in [5, 5.41) is 3.58. The molecule has 3 heteroatoms. The van der Waals surface area contributed by atoms with Crippen molar-refractivity contribution in [2.45, 2.75) is 65.3 Å². The van der Waals surface area contributed by atoms with Gasteiger partial charge in [-0.05, 0) is 31.2 Å². The molecule has 0 amide bonds. The highest BCUT2D eigenvalue weighted by atomic mass is 16.5. The van der Waals surface area contributed by atoms with Gasteiger partial charge in [-0.3, -0.25) is 4.79 Å². The Morgan fingerprint density at radius 1 is 1.22 bits per heavy atom. The molecule has 2 atom stereocenters. The lowest BCUT2D eigenvalue weighted by molar-refractivity contribution is -0.146. The summed E-state index contributed by atoms with van der Waals surface area (Å²) in [5.41, 5.74) is 0.346. The van der Waals surface area contributed by atoms with Crippen LogP contribution in [0.25, 0.3) is 0 Å². The Morgan fingerprint density at radius 3 is 2.50 bits per heavy atom. The molecule has 0 aliphatic heterocycles. The van der Waals surface area contributed by atoms with Crippen molar-refractivity contribution in [3.8, 4) is 0 Å². The predicted octanol–water partition coefficient (Wildman–Crippen LogP) is 3.13. The average molecular weight is 255 g/mol. The third kappa shape index (κ3) is 5.38. The molecular formula is C15H29NO2. The number of hydrogen-bond acceptors (Lipinski definition) is 3. The van der Waals surface area contributed by atoms with Crippen molar-refractivity contribution in [2.75, 3.05) is 13.7 Å². The van der Waals surface area contributed by atoms with E-state index >= 15 is 0 Å². The van der Waals surface area contributed by atoms with Gasteiger partial charge in [-0.15, -0.1) is 0 Å². The van der Waals surface area contributed by atoms with Crippen LogP contribution in [0.15, 0.2) is 0 Å². The zero-order valence-electron chi connectivity index (χ0n) is 12.4. The topological polar surface area (TPSA) is 38.3 Å². The van der Waals surface area contributed by atoms with E-state index in [2.05, 4.69) is 26.1 Å². The second-order valence-corrected chi connectivity index (χ2v) is 6.64. The molecule has 106 valence electrons. The lowest BCUT2D eigenvalue weighted by atomic mass is 9.91. The highest BCUT2D eigenvalue weighted by molar-refractivity contribution is 5.73. The van der Waals surface area contributed by atoms with E-state index < -0.39 is 0 Å². The predicted molar refractivity (Wildman–Crippen MR) is 74.5 cm³/mol. The first-order valence-electron chi connectivity index (χ1n) is 7.25. The van der Waals surface area contributed by atoms with E-state index in [4.69, 9.17) is 4.74 Å². The lowest BCUT2D eigenvalue weighted by Gasteiger charge is -2.26. The minimum atomic E-state index is -0.0369. The first-order valence-corrected chi connectivity index (χ1v) is 7.25. The van der Waals surface area contributed by atoms with Gasteiger partial charge in [0, 0.05) is 6.04 Å². The maximum atomic E-state index is 11.8. The molecule has 1 N–H and O–H groups in total. The van der Waals surface area contributed by atoms with E-state index in [0.29, 0.717) is 11.5 Å². The summed E-state index contributed by atoms with van der Waals surface area (Å²) >= 11 is 0. The smallest absolute Gasteiger partial charge is 0.310 e. The molecule has 0 aromatic heterocycles. The fourth-order valence-electron chi connectivity index (χ4n) is 2.62. The molecule has 0 aromatic rings. The van der Waals surface area contributed by atoms with Gasteiger partial charge in [0.25, 0.3) is 0 Å². The zero-order chi connectivity index (χ0) is 13.6. The molecule has 0 aromatic carbocycles. The van der Waals surface area contributed by atoms with Gasteiger partial charge in [0.15, 0.2) is 0 Å². The Labute approximate surface area is 112 Å². The van der Waals surface area contributed by atoms with Crippen LogP contribution < -0.4 is 5.32 Å². The SMILES string of the molecule is COC(=O)[C@@H]1CCCCC[C@@H]1NCCC(C)(C)C. The zero-order valence-corrected chi connectivity index (χ0v) is 12.4. The Hall–Kier alpha value is -0.570. The van der Waals surface area contributed by atoms with E-state index in [1.165, 1.54) is 20.0 Å². The molecule has 1 aliphatic carbocycles. The molecule has 1 saturated carbocycles. The summed E-state index contributed by atoms with van der Waals surface area (Å²) in [6.45, 7) is 7.74. The van der Waals surface area contributed by atoms with Crippen LogP contribution in [0, 0.1) is 11.3 Å². The van der Waals surface area contributed by atoms with Crippen molar-refractivity contribution >= 4 is 5.97 Å². The molecule has 1 aliphatic rings. The monoisotopic (exact) mass is 255 g/mol. The van der Waals surface area contributed by atoms with E-state index in [1.54, 1.807) is 0 Å². The van der Waals surface area contributed by atoms with E-state index in [1.807, 2.05) is 0 Å². The summed E-state index contributed by atoms with van der Waals surface area (Å²) in [7, 11) is 1.50. The number of carbonyl (C=O) groups excluding carboxylic acids is 1.